The predicted octanol–water partition coefficient (Wildman–Crippen LogP) is 1.65. The number of nitrogens with zero attached hydrogens (tertiary/aromatic N) is 2. The Bertz CT molecular complexity index is 548. The van der Waals surface area contributed by atoms with Crippen molar-refractivity contribution in [3.63, 3.8) is 0 Å². The molecular weight excluding hydrogens is 272 g/mol. The minimum Gasteiger partial charge on any atom is -0.374 e. The maximum Gasteiger partial charge on any atom is 0.304 e. The van der Waals surface area contributed by atoms with Crippen LogP contribution in [0.4, 0.5) is 5.13 Å². The molecule has 0 amide bonds. The zero-order valence-electron chi connectivity index (χ0n) is 10.1. The van der Waals surface area contributed by atoms with Crippen LogP contribution in [0.25, 0.3) is 0 Å². The van der Waals surface area contributed by atoms with Gasteiger partial charge in [-0.2, -0.15) is 4.37 Å². The van der Waals surface area contributed by atoms with Gasteiger partial charge in [0.2, 0.25) is 5.13 Å². The summed E-state index contributed by atoms with van der Waals surface area (Å²) in [6, 6.07) is 0. The highest BCUT2D eigenvalue weighted by atomic mass is 32.1. The van der Waals surface area contributed by atoms with Gasteiger partial charge in [-0.15, -0.1) is 0 Å². The fourth-order valence-corrected chi connectivity index (χ4v) is 2.60. The summed E-state index contributed by atoms with van der Waals surface area (Å²) in [7, 11) is 1.63. The Hall–Kier alpha value is -1.25. The zero-order chi connectivity index (χ0) is 13.0. The lowest BCUT2D eigenvalue weighted by Gasteiger charge is -2.03. The van der Waals surface area contributed by atoms with E-state index >= 15 is 0 Å². The lowest BCUT2D eigenvalue weighted by molar-refractivity contribution is 0.113. The highest BCUT2D eigenvalue weighted by Crippen LogP contribution is 2.18. The lowest BCUT2D eigenvalue weighted by Crippen LogP contribution is -2.06. The van der Waals surface area contributed by atoms with Crippen molar-refractivity contribution in [3.05, 3.63) is 26.6 Å². The van der Waals surface area contributed by atoms with Gasteiger partial charge in [-0.1, -0.05) is 11.3 Å². The number of nitrogens with one attached hydrogen (secondary N) is 2. The summed E-state index contributed by atoms with van der Waals surface area (Å²) in [6.45, 7) is 2.62. The molecule has 2 aromatic heterocycles. The molecule has 2 heterocycles. The van der Waals surface area contributed by atoms with Gasteiger partial charge in [-0.3, -0.25) is 4.79 Å². The fraction of sp³-hybridized carbons (Fsp3) is 0.500. The molecular formula is C10H14N4O2S2. The summed E-state index contributed by atoms with van der Waals surface area (Å²) in [5, 5.41) is 5.78. The molecule has 2 rings (SSSR count). The van der Waals surface area contributed by atoms with Gasteiger partial charge >= 0.3 is 4.87 Å². The molecule has 1 atom stereocenters. The van der Waals surface area contributed by atoms with Gasteiger partial charge < -0.3 is 15.0 Å². The van der Waals surface area contributed by atoms with E-state index in [0.29, 0.717) is 12.4 Å². The zero-order valence-corrected chi connectivity index (χ0v) is 11.7. The van der Waals surface area contributed by atoms with Gasteiger partial charge in [0.05, 0.1) is 0 Å². The largest absolute Gasteiger partial charge is 0.374 e. The summed E-state index contributed by atoms with van der Waals surface area (Å²) in [5.41, 5.74) is 0.937. The Labute approximate surface area is 112 Å². The molecule has 0 fully saturated rings. The third-order valence-electron chi connectivity index (χ3n) is 2.40. The molecule has 6 nitrogen and oxygen atoms in total. The predicted molar refractivity (Wildman–Crippen MR) is 72.5 cm³/mol. The topological polar surface area (TPSA) is 79.9 Å². The number of H-pyrrole nitrogens is 1. The van der Waals surface area contributed by atoms with Crippen LogP contribution in [0.1, 0.15) is 24.5 Å². The molecule has 0 unspecified atom stereocenters. The molecule has 18 heavy (non-hydrogen) atoms. The Morgan fingerprint density at radius 3 is 3.11 bits per heavy atom. The molecule has 0 aromatic carbocycles. The van der Waals surface area contributed by atoms with E-state index in [1.807, 2.05) is 12.3 Å². The van der Waals surface area contributed by atoms with Crippen LogP contribution in [0.2, 0.25) is 0 Å². The van der Waals surface area contributed by atoms with E-state index < -0.39 is 0 Å². The highest BCUT2D eigenvalue weighted by Gasteiger charge is 2.10. The monoisotopic (exact) mass is 286 g/mol. The standard InChI is InChI=1S/C10H14N4O2S2/c1-6(16-2)8-13-9(18-14-8)11-4-3-7-5-17-10(15)12-7/h5-6H,3-4H2,1-2H3,(H,12,15)(H,11,13,14)/t6-/m1/s1. The molecule has 2 aromatic rings. The van der Waals surface area contributed by atoms with Crippen molar-refractivity contribution in [1.29, 1.82) is 0 Å². The van der Waals surface area contributed by atoms with Gasteiger partial charge in [-0.05, 0) is 6.92 Å². The molecule has 0 saturated heterocycles. The molecule has 0 aliphatic carbocycles. The van der Waals surface area contributed by atoms with E-state index in [4.69, 9.17) is 4.74 Å². The first-order chi connectivity index (χ1) is 8.69. The van der Waals surface area contributed by atoms with Crippen LogP contribution in [-0.4, -0.2) is 28.0 Å². The Balaban J connectivity index is 1.83. The number of anilines is 1. The second-order valence-electron chi connectivity index (χ2n) is 3.69. The first-order valence-corrected chi connectivity index (χ1v) is 7.11. The summed E-state index contributed by atoms with van der Waals surface area (Å²) in [5.74, 6) is 0.689. The maximum absolute atomic E-state index is 10.9. The smallest absolute Gasteiger partial charge is 0.304 e. The Morgan fingerprint density at radius 1 is 1.61 bits per heavy atom. The van der Waals surface area contributed by atoms with Crippen molar-refractivity contribution in [2.45, 2.75) is 19.4 Å². The van der Waals surface area contributed by atoms with Crippen LogP contribution in [0, 0.1) is 0 Å². The average molecular weight is 286 g/mol. The molecule has 0 aliphatic rings. The summed E-state index contributed by atoms with van der Waals surface area (Å²) < 4.78 is 9.35. The van der Waals surface area contributed by atoms with E-state index in [1.165, 1.54) is 22.9 Å². The molecule has 8 heteroatoms. The van der Waals surface area contributed by atoms with Crippen LogP contribution in [0.3, 0.4) is 0 Å². The second-order valence-corrected chi connectivity index (χ2v) is 5.28. The summed E-state index contributed by atoms with van der Waals surface area (Å²) in [4.78, 5) is 18.0. The van der Waals surface area contributed by atoms with E-state index in [2.05, 4.69) is 19.7 Å². The van der Waals surface area contributed by atoms with E-state index in [-0.39, 0.29) is 11.0 Å². The van der Waals surface area contributed by atoms with Crippen molar-refractivity contribution < 1.29 is 4.74 Å². The summed E-state index contributed by atoms with van der Waals surface area (Å²) in [6.07, 6.45) is 0.665. The number of thiazole rings is 1. The van der Waals surface area contributed by atoms with Crippen LogP contribution in [0.5, 0.6) is 0 Å². The Kier molecular flexibility index (Phi) is 4.45. The first-order valence-electron chi connectivity index (χ1n) is 5.46. The molecule has 0 saturated carbocycles. The van der Waals surface area contributed by atoms with Crippen LogP contribution in [-0.2, 0) is 11.2 Å². The molecule has 2 N–H and O–H groups in total. The quantitative estimate of drug-likeness (QED) is 0.844. The first kappa shape index (κ1) is 13.2. The number of ether oxygens (including phenoxy) is 1. The minimum atomic E-state index is -0.0926. The van der Waals surface area contributed by atoms with Crippen molar-refractivity contribution >= 4 is 28.0 Å². The van der Waals surface area contributed by atoms with Gasteiger partial charge in [0.15, 0.2) is 5.82 Å². The van der Waals surface area contributed by atoms with Crippen LogP contribution < -0.4 is 10.2 Å². The SMILES string of the molecule is CO[C@H](C)c1nsc(NCCc2csc(=O)[nH]2)n1. The highest BCUT2D eigenvalue weighted by molar-refractivity contribution is 7.09. The molecule has 0 bridgehead atoms. The van der Waals surface area contributed by atoms with Gasteiger partial charge in [0, 0.05) is 42.7 Å². The minimum absolute atomic E-state index is 0.0166. The van der Waals surface area contributed by atoms with Crippen molar-refractivity contribution in [2.24, 2.45) is 0 Å². The normalized spacial score (nSPS) is 12.6. The fourth-order valence-electron chi connectivity index (χ4n) is 1.32. The number of hydrogen-bond donors (Lipinski definition) is 2. The van der Waals surface area contributed by atoms with Crippen LogP contribution in [0.15, 0.2) is 10.2 Å². The van der Waals surface area contributed by atoms with Crippen molar-refractivity contribution in [2.75, 3.05) is 19.0 Å². The third-order valence-corrected chi connectivity index (χ3v) is 3.81. The average Bonchev–Trinajstić information content (AvgIpc) is 2.98. The van der Waals surface area contributed by atoms with E-state index in [0.717, 1.165) is 17.2 Å². The molecule has 0 radical (unpaired) electrons. The number of aromatic nitrogens is 3. The molecule has 0 aliphatic heterocycles. The van der Waals surface area contributed by atoms with Gasteiger partial charge in [0.25, 0.3) is 0 Å². The Morgan fingerprint density at radius 2 is 2.44 bits per heavy atom. The van der Waals surface area contributed by atoms with E-state index in [1.54, 1.807) is 7.11 Å². The van der Waals surface area contributed by atoms with Crippen LogP contribution >= 0.6 is 22.9 Å². The van der Waals surface area contributed by atoms with Crippen molar-refractivity contribution in [1.82, 2.24) is 14.3 Å². The number of aromatic amines is 1. The second kappa shape index (κ2) is 6.07. The number of rotatable bonds is 6. The number of hydrogen-bond acceptors (Lipinski definition) is 7. The maximum atomic E-state index is 10.9. The van der Waals surface area contributed by atoms with Crippen molar-refractivity contribution in [3.8, 4) is 0 Å². The van der Waals surface area contributed by atoms with Gasteiger partial charge in [-0.25, -0.2) is 4.98 Å². The number of methoxy groups -OCH3 is 1. The third kappa shape index (κ3) is 3.37. The molecule has 0 spiro atoms. The van der Waals surface area contributed by atoms with Gasteiger partial charge in [0.1, 0.15) is 6.10 Å². The lowest BCUT2D eigenvalue weighted by atomic mass is 10.3. The molecule has 98 valence electrons. The van der Waals surface area contributed by atoms with E-state index in [9.17, 15) is 4.79 Å². The summed E-state index contributed by atoms with van der Waals surface area (Å²) >= 11 is 2.49.